The molecule has 0 bridgehead atoms. The number of hydrogen-bond acceptors (Lipinski definition) is 5. The van der Waals surface area contributed by atoms with Crippen molar-refractivity contribution >= 4 is 39.6 Å². The number of pyridine rings is 2. The lowest BCUT2D eigenvalue weighted by atomic mass is 10.0. The third kappa shape index (κ3) is 4.26. The highest BCUT2D eigenvalue weighted by Crippen LogP contribution is 2.33. The first kappa shape index (κ1) is 20.9. The first-order valence-electron chi connectivity index (χ1n) is 10.1. The van der Waals surface area contributed by atoms with Crippen LogP contribution in [0, 0.1) is 0 Å². The van der Waals surface area contributed by atoms with E-state index in [2.05, 4.69) is 20.2 Å². The molecule has 0 radical (unpaired) electrons. The van der Waals surface area contributed by atoms with E-state index in [0.717, 1.165) is 34.4 Å². The average Bonchev–Trinajstić information content (AvgIpc) is 2.79. The number of nitrogens with one attached hydrogen (secondary N) is 2. The minimum atomic E-state index is -0.224. The molecule has 4 aromatic rings. The number of nitrogens with zero attached hydrogens (tertiary/aromatic N) is 2. The van der Waals surface area contributed by atoms with Crippen LogP contribution in [0.4, 0.5) is 17.2 Å². The molecule has 158 valence electrons. The monoisotopic (exact) mass is 434 g/mol. The highest BCUT2D eigenvalue weighted by Gasteiger charge is 2.14. The van der Waals surface area contributed by atoms with Crippen LogP contribution in [0.15, 0.2) is 71.8 Å². The summed E-state index contributed by atoms with van der Waals surface area (Å²) in [6, 6.07) is 17.2. The molecule has 0 saturated heterocycles. The highest BCUT2D eigenvalue weighted by molar-refractivity contribution is 6.33. The fourth-order valence-corrected chi connectivity index (χ4v) is 3.92. The zero-order valence-corrected chi connectivity index (χ0v) is 17.9. The molecular weight excluding hydrogens is 412 g/mol. The number of aromatic nitrogens is 2. The van der Waals surface area contributed by atoms with Gasteiger partial charge in [-0.15, -0.1) is 0 Å². The van der Waals surface area contributed by atoms with Gasteiger partial charge in [0, 0.05) is 58.4 Å². The minimum absolute atomic E-state index is 0.101. The van der Waals surface area contributed by atoms with Gasteiger partial charge in [0.25, 0.3) is 5.56 Å². The molecule has 0 aliphatic heterocycles. The number of anilines is 3. The Morgan fingerprint density at radius 2 is 1.87 bits per heavy atom. The van der Waals surface area contributed by atoms with Gasteiger partial charge in [-0.1, -0.05) is 29.8 Å². The minimum Gasteiger partial charge on any atom is -0.395 e. The van der Waals surface area contributed by atoms with E-state index >= 15 is 0 Å². The van der Waals surface area contributed by atoms with E-state index in [-0.39, 0.29) is 12.2 Å². The van der Waals surface area contributed by atoms with Gasteiger partial charge in [-0.05, 0) is 43.3 Å². The van der Waals surface area contributed by atoms with Crippen molar-refractivity contribution in [3.63, 3.8) is 0 Å². The number of halogens is 1. The van der Waals surface area contributed by atoms with Crippen LogP contribution in [0.5, 0.6) is 0 Å². The van der Waals surface area contributed by atoms with Crippen LogP contribution < -0.4 is 15.8 Å². The van der Waals surface area contributed by atoms with Gasteiger partial charge in [0.2, 0.25) is 0 Å². The van der Waals surface area contributed by atoms with Crippen LogP contribution in [0.25, 0.3) is 21.9 Å². The van der Waals surface area contributed by atoms with E-state index in [1.54, 1.807) is 12.4 Å². The number of H-pyrrole nitrogens is 1. The quantitative estimate of drug-likeness (QED) is 0.389. The zero-order chi connectivity index (χ0) is 21.8. The van der Waals surface area contributed by atoms with Gasteiger partial charge in [-0.2, -0.15) is 0 Å². The van der Waals surface area contributed by atoms with Crippen molar-refractivity contribution in [2.24, 2.45) is 0 Å². The SMILES string of the molecule is CCN(CCO)c1ccc(Nc2nccc3c(-c4ccccc4Cl)c[nH]c(=O)c23)cc1. The number of rotatable bonds is 7. The number of aliphatic hydroxyl groups is 1. The topological polar surface area (TPSA) is 81.2 Å². The van der Waals surface area contributed by atoms with Crippen molar-refractivity contribution in [2.75, 3.05) is 29.9 Å². The summed E-state index contributed by atoms with van der Waals surface area (Å²) in [6.07, 6.45) is 3.36. The second-order valence-corrected chi connectivity index (χ2v) is 7.48. The third-order valence-corrected chi connectivity index (χ3v) is 5.56. The Bertz CT molecular complexity index is 1250. The first-order chi connectivity index (χ1) is 15.1. The molecule has 0 unspecified atom stereocenters. The zero-order valence-electron chi connectivity index (χ0n) is 17.1. The van der Waals surface area contributed by atoms with E-state index in [4.69, 9.17) is 11.6 Å². The molecule has 2 aromatic carbocycles. The molecule has 7 heteroatoms. The molecule has 6 nitrogen and oxygen atoms in total. The summed E-state index contributed by atoms with van der Waals surface area (Å²) in [5.74, 6) is 0.475. The van der Waals surface area contributed by atoms with E-state index in [0.29, 0.717) is 22.8 Å². The fraction of sp³-hybridized carbons (Fsp3) is 0.167. The smallest absolute Gasteiger partial charge is 0.259 e. The van der Waals surface area contributed by atoms with Crippen LogP contribution in [-0.4, -0.2) is 34.8 Å². The van der Waals surface area contributed by atoms with Crippen molar-refractivity contribution in [2.45, 2.75) is 6.92 Å². The number of benzene rings is 2. The maximum Gasteiger partial charge on any atom is 0.259 e. The van der Waals surface area contributed by atoms with Crippen LogP contribution >= 0.6 is 11.6 Å². The van der Waals surface area contributed by atoms with Gasteiger partial charge in [-0.3, -0.25) is 4.79 Å². The number of aliphatic hydroxyl groups excluding tert-OH is 1. The van der Waals surface area contributed by atoms with E-state index in [1.807, 2.05) is 61.5 Å². The molecule has 0 aliphatic carbocycles. The van der Waals surface area contributed by atoms with E-state index in [9.17, 15) is 9.90 Å². The average molecular weight is 435 g/mol. The molecular formula is C24H23ClN4O2. The molecule has 31 heavy (non-hydrogen) atoms. The third-order valence-electron chi connectivity index (χ3n) is 5.23. The van der Waals surface area contributed by atoms with Gasteiger partial charge in [0.05, 0.1) is 12.0 Å². The molecule has 0 atom stereocenters. The summed E-state index contributed by atoms with van der Waals surface area (Å²) in [4.78, 5) is 22.0. The van der Waals surface area contributed by atoms with Crippen LogP contribution in [0.2, 0.25) is 5.02 Å². The second kappa shape index (κ2) is 9.20. The second-order valence-electron chi connectivity index (χ2n) is 7.07. The van der Waals surface area contributed by atoms with Gasteiger partial charge < -0.3 is 20.3 Å². The van der Waals surface area contributed by atoms with Gasteiger partial charge in [-0.25, -0.2) is 4.98 Å². The molecule has 0 aliphatic rings. The summed E-state index contributed by atoms with van der Waals surface area (Å²) >= 11 is 6.40. The summed E-state index contributed by atoms with van der Waals surface area (Å²) in [7, 11) is 0. The lowest BCUT2D eigenvalue weighted by molar-refractivity contribution is 0.302. The summed E-state index contributed by atoms with van der Waals surface area (Å²) < 4.78 is 0. The standard InChI is InChI=1S/C24H23ClN4O2/c1-2-29(13-14-30)17-9-7-16(8-10-17)28-23-22-19(11-12-26-23)20(15-27-24(22)31)18-5-3-4-6-21(18)25/h3-12,15,30H,2,13-14H2,1H3,(H,26,28)(H,27,31). The van der Waals surface area contributed by atoms with Crippen LogP contribution in [0.3, 0.4) is 0 Å². The predicted molar refractivity (Wildman–Crippen MR) is 128 cm³/mol. The Hall–Kier alpha value is -3.35. The Labute approximate surface area is 185 Å². The van der Waals surface area contributed by atoms with Crippen molar-refractivity contribution in [3.8, 4) is 11.1 Å². The summed E-state index contributed by atoms with van der Waals surface area (Å²) in [5.41, 5.74) is 3.29. The number of aromatic amines is 1. The molecule has 4 rings (SSSR count). The maximum atomic E-state index is 12.7. The first-order valence-corrected chi connectivity index (χ1v) is 10.5. The summed E-state index contributed by atoms with van der Waals surface area (Å²) in [6.45, 7) is 3.53. The largest absolute Gasteiger partial charge is 0.395 e. The maximum absolute atomic E-state index is 12.7. The van der Waals surface area contributed by atoms with Crippen LogP contribution in [0.1, 0.15) is 6.92 Å². The van der Waals surface area contributed by atoms with Gasteiger partial charge in [0.15, 0.2) is 0 Å². The number of fused-ring (bicyclic) bond motifs is 1. The molecule has 2 aromatic heterocycles. The molecule has 0 fully saturated rings. The highest BCUT2D eigenvalue weighted by atomic mass is 35.5. The summed E-state index contributed by atoms with van der Waals surface area (Å²) in [5, 5.41) is 14.3. The van der Waals surface area contributed by atoms with Gasteiger partial charge in [0.1, 0.15) is 5.82 Å². The van der Waals surface area contributed by atoms with Crippen molar-refractivity contribution in [1.29, 1.82) is 0 Å². The normalized spacial score (nSPS) is 10.9. The van der Waals surface area contributed by atoms with Crippen LogP contribution in [-0.2, 0) is 0 Å². The lowest BCUT2D eigenvalue weighted by Gasteiger charge is -2.22. The molecule has 3 N–H and O–H groups in total. The Morgan fingerprint density at radius 1 is 1.10 bits per heavy atom. The lowest BCUT2D eigenvalue weighted by Crippen LogP contribution is -2.25. The Balaban J connectivity index is 1.73. The van der Waals surface area contributed by atoms with Gasteiger partial charge >= 0.3 is 0 Å². The molecule has 0 spiro atoms. The number of likely N-dealkylation sites (N-methyl/N-ethyl adjacent to an activating group) is 1. The fourth-order valence-electron chi connectivity index (χ4n) is 3.68. The Kier molecular flexibility index (Phi) is 6.21. The van der Waals surface area contributed by atoms with E-state index < -0.39 is 0 Å². The number of hydrogen-bond donors (Lipinski definition) is 3. The molecule has 0 saturated carbocycles. The van der Waals surface area contributed by atoms with E-state index in [1.165, 1.54) is 0 Å². The predicted octanol–water partition coefficient (Wildman–Crippen LogP) is 4.81. The van der Waals surface area contributed by atoms with Crippen molar-refractivity contribution < 1.29 is 5.11 Å². The Morgan fingerprint density at radius 3 is 2.58 bits per heavy atom. The van der Waals surface area contributed by atoms with Crippen molar-refractivity contribution in [3.05, 3.63) is 82.4 Å². The molecule has 0 amide bonds. The molecule has 2 heterocycles. The van der Waals surface area contributed by atoms with Crippen molar-refractivity contribution in [1.82, 2.24) is 9.97 Å².